The molecule has 3 rings (SSSR count). The molecule has 0 aliphatic carbocycles. The van der Waals surface area contributed by atoms with E-state index < -0.39 is 0 Å². The number of pyridine rings is 1. The lowest BCUT2D eigenvalue weighted by Crippen LogP contribution is -2.22. The Balaban J connectivity index is 1.71. The number of thioether (sulfide) groups is 1. The van der Waals surface area contributed by atoms with Crippen LogP contribution >= 0.6 is 23.4 Å². The minimum atomic E-state index is -0.374. The highest BCUT2D eigenvalue weighted by Gasteiger charge is 2.19. The molecule has 0 saturated carbocycles. The van der Waals surface area contributed by atoms with E-state index in [0.29, 0.717) is 27.2 Å². The number of nitrogens with zero attached hydrogens (tertiary/aromatic N) is 2. The van der Waals surface area contributed by atoms with E-state index in [1.807, 2.05) is 13.0 Å². The summed E-state index contributed by atoms with van der Waals surface area (Å²) in [4.78, 5) is 20.7. The van der Waals surface area contributed by atoms with Crippen LogP contribution in [0.1, 0.15) is 12.5 Å². The first kappa shape index (κ1) is 15.8. The zero-order valence-electron chi connectivity index (χ0n) is 12.5. The van der Waals surface area contributed by atoms with E-state index in [2.05, 4.69) is 15.3 Å². The van der Waals surface area contributed by atoms with Crippen LogP contribution in [0.15, 0.2) is 46.2 Å². The van der Waals surface area contributed by atoms with Crippen LogP contribution in [-0.2, 0) is 4.79 Å². The number of aromatic nitrogens is 2. The lowest BCUT2D eigenvalue weighted by atomic mass is 10.2. The van der Waals surface area contributed by atoms with E-state index in [1.165, 1.54) is 11.8 Å². The van der Waals surface area contributed by atoms with Gasteiger partial charge in [-0.3, -0.25) is 4.79 Å². The SMILES string of the molecule is Cc1ccc(Cl)cc1NC(=O)[C@@H](C)Sc1nc2ncccc2o1. The van der Waals surface area contributed by atoms with Crippen molar-refractivity contribution in [1.82, 2.24) is 9.97 Å². The Morgan fingerprint density at radius 1 is 1.39 bits per heavy atom. The van der Waals surface area contributed by atoms with Gasteiger partial charge in [0.15, 0.2) is 11.2 Å². The minimum absolute atomic E-state index is 0.143. The molecule has 1 amide bonds. The maximum Gasteiger partial charge on any atom is 0.259 e. The summed E-state index contributed by atoms with van der Waals surface area (Å²) in [6.45, 7) is 3.71. The van der Waals surface area contributed by atoms with Crippen molar-refractivity contribution >= 4 is 46.2 Å². The molecule has 3 aromatic rings. The predicted octanol–water partition coefficient (Wildman–Crippen LogP) is 4.30. The molecule has 0 saturated heterocycles. The Morgan fingerprint density at radius 2 is 2.22 bits per heavy atom. The molecule has 0 radical (unpaired) electrons. The van der Waals surface area contributed by atoms with Crippen molar-refractivity contribution in [2.24, 2.45) is 0 Å². The number of rotatable bonds is 4. The quantitative estimate of drug-likeness (QED) is 0.712. The zero-order valence-corrected chi connectivity index (χ0v) is 14.1. The normalized spacial score (nSPS) is 12.3. The third kappa shape index (κ3) is 3.65. The number of fused-ring (bicyclic) bond motifs is 1. The molecule has 0 spiro atoms. The van der Waals surface area contributed by atoms with E-state index in [4.69, 9.17) is 16.0 Å². The predicted molar refractivity (Wildman–Crippen MR) is 91.9 cm³/mol. The largest absolute Gasteiger partial charge is 0.430 e. The Labute approximate surface area is 142 Å². The fourth-order valence-electron chi connectivity index (χ4n) is 1.97. The third-order valence-corrected chi connectivity index (χ3v) is 4.43. The van der Waals surface area contributed by atoms with E-state index in [0.717, 1.165) is 5.56 Å². The Kier molecular flexibility index (Phi) is 4.54. The smallest absolute Gasteiger partial charge is 0.259 e. The minimum Gasteiger partial charge on any atom is -0.430 e. The van der Waals surface area contributed by atoms with Gasteiger partial charge >= 0.3 is 0 Å². The highest BCUT2D eigenvalue weighted by molar-refractivity contribution is 8.00. The van der Waals surface area contributed by atoms with E-state index in [1.54, 1.807) is 37.4 Å². The van der Waals surface area contributed by atoms with Gasteiger partial charge in [-0.2, -0.15) is 4.98 Å². The molecule has 0 aliphatic rings. The van der Waals surface area contributed by atoms with Crippen LogP contribution in [0.3, 0.4) is 0 Å². The second-order valence-corrected chi connectivity index (χ2v) is 6.74. The van der Waals surface area contributed by atoms with E-state index in [-0.39, 0.29) is 11.2 Å². The Hall–Kier alpha value is -2.05. The van der Waals surface area contributed by atoms with E-state index in [9.17, 15) is 4.79 Å². The first-order valence-corrected chi connectivity index (χ1v) is 8.24. The molecule has 7 heteroatoms. The molecule has 0 aliphatic heterocycles. The number of oxazole rings is 1. The number of nitrogens with one attached hydrogen (secondary N) is 1. The Bertz CT molecular complexity index is 832. The monoisotopic (exact) mass is 347 g/mol. The summed E-state index contributed by atoms with van der Waals surface area (Å²) in [6.07, 6.45) is 1.65. The first-order chi connectivity index (χ1) is 11.0. The molecular weight excluding hydrogens is 334 g/mol. The van der Waals surface area contributed by atoms with Crippen molar-refractivity contribution < 1.29 is 9.21 Å². The molecule has 2 heterocycles. The number of carbonyl (C=O) groups excluding carboxylic acids is 1. The van der Waals surface area contributed by atoms with Crippen molar-refractivity contribution in [3.63, 3.8) is 0 Å². The average Bonchev–Trinajstić information content (AvgIpc) is 2.93. The van der Waals surface area contributed by atoms with E-state index >= 15 is 0 Å². The molecule has 0 unspecified atom stereocenters. The average molecular weight is 348 g/mol. The van der Waals surface area contributed by atoms with Crippen LogP contribution in [0.5, 0.6) is 0 Å². The van der Waals surface area contributed by atoms with Crippen molar-refractivity contribution in [1.29, 1.82) is 0 Å². The van der Waals surface area contributed by atoms with Crippen LogP contribution in [0.25, 0.3) is 11.2 Å². The van der Waals surface area contributed by atoms with Gasteiger partial charge in [-0.05, 0) is 43.7 Å². The van der Waals surface area contributed by atoms with Gasteiger partial charge in [0.25, 0.3) is 5.22 Å². The van der Waals surface area contributed by atoms with Gasteiger partial charge in [0.1, 0.15) is 0 Å². The summed E-state index contributed by atoms with van der Waals surface area (Å²) >= 11 is 7.21. The summed E-state index contributed by atoms with van der Waals surface area (Å²) in [5, 5.41) is 3.50. The van der Waals surface area contributed by atoms with Gasteiger partial charge in [-0.15, -0.1) is 0 Å². The number of carbonyl (C=O) groups is 1. The van der Waals surface area contributed by atoms with Crippen LogP contribution < -0.4 is 5.32 Å². The summed E-state index contributed by atoms with van der Waals surface area (Å²) in [7, 11) is 0. The standard InChI is InChI=1S/C16H14ClN3O2S/c1-9-5-6-11(17)8-12(9)19-15(21)10(2)23-16-20-14-13(22-16)4-3-7-18-14/h3-8,10H,1-2H3,(H,19,21)/t10-/m1/s1. The summed E-state index contributed by atoms with van der Waals surface area (Å²) in [5.74, 6) is -0.143. The van der Waals surface area contributed by atoms with Crippen molar-refractivity contribution in [3.05, 3.63) is 47.1 Å². The number of amides is 1. The number of aryl methyl sites for hydroxylation is 1. The molecule has 118 valence electrons. The second kappa shape index (κ2) is 6.60. The first-order valence-electron chi connectivity index (χ1n) is 6.98. The highest BCUT2D eigenvalue weighted by Crippen LogP contribution is 2.27. The molecular formula is C16H14ClN3O2S. The van der Waals surface area contributed by atoms with Gasteiger partial charge in [-0.1, -0.05) is 29.4 Å². The van der Waals surface area contributed by atoms with Crippen molar-refractivity contribution in [2.75, 3.05) is 5.32 Å². The number of halogens is 1. The number of hydrogen-bond acceptors (Lipinski definition) is 5. The fourth-order valence-corrected chi connectivity index (χ4v) is 2.89. The van der Waals surface area contributed by atoms with Gasteiger partial charge in [-0.25, -0.2) is 4.98 Å². The number of anilines is 1. The van der Waals surface area contributed by atoms with Crippen LogP contribution in [0.4, 0.5) is 5.69 Å². The lowest BCUT2D eigenvalue weighted by molar-refractivity contribution is -0.115. The Morgan fingerprint density at radius 3 is 3.00 bits per heavy atom. The maximum absolute atomic E-state index is 12.3. The summed E-state index contributed by atoms with van der Waals surface area (Å²) < 4.78 is 5.57. The third-order valence-electron chi connectivity index (χ3n) is 3.25. The number of benzene rings is 1. The van der Waals surface area contributed by atoms with Gasteiger partial charge in [0, 0.05) is 16.9 Å². The second-order valence-electron chi connectivity index (χ2n) is 5.01. The molecule has 1 atom stereocenters. The lowest BCUT2D eigenvalue weighted by Gasteiger charge is -2.12. The molecule has 0 bridgehead atoms. The van der Waals surface area contributed by atoms with Gasteiger partial charge in [0.2, 0.25) is 5.91 Å². The molecule has 2 aromatic heterocycles. The molecule has 5 nitrogen and oxygen atoms in total. The fraction of sp³-hybridized carbons (Fsp3) is 0.188. The number of hydrogen-bond donors (Lipinski definition) is 1. The molecule has 1 N–H and O–H groups in total. The maximum atomic E-state index is 12.3. The van der Waals surface area contributed by atoms with Gasteiger partial charge < -0.3 is 9.73 Å². The highest BCUT2D eigenvalue weighted by atomic mass is 35.5. The topological polar surface area (TPSA) is 68.0 Å². The van der Waals surface area contributed by atoms with Crippen molar-refractivity contribution in [2.45, 2.75) is 24.3 Å². The summed E-state index contributed by atoms with van der Waals surface area (Å²) in [5.41, 5.74) is 2.79. The van der Waals surface area contributed by atoms with Crippen molar-refractivity contribution in [3.8, 4) is 0 Å². The van der Waals surface area contributed by atoms with Crippen LogP contribution in [-0.4, -0.2) is 21.1 Å². The molecule has 1 aromatic carbocycles. The zero-order chi connectivity index (χ0) is 16.4. The van der Waals surface area contributed by atoms with Crippen LogP contribution in [0, 0.1) is 6.92 Å². The van der Waals surface area contributed by atoms with Crippen LogP contribution in [0.2, 0.25) is 5.02 Å². The molecule has 23 heavy (non-hydrogen) atoms. The van der Waals surface area contributed by atoms with Gasteiger partial charge in [0.05, 0.1) is 5.25 Å². The molecule has 0 fully saturated rings. The summed E-state index contributed by atoms with van der Waals surface area (Å²) in [6, 6.07) is 8.95.